The number of ether oxygens (including phenoxy) is 1. The molecular weight excluding hydrogens is 236 g/mol. The van der Waals surface area contributed by atoms with E-state index in [0.717, 1.165) is 51.1 Å². The van der Waals surface area contributed by atoms with Crippen molar-refractivity contribution in [3.63, 3.8) is 0 Å². The topological polar surface area (TPSA) is 36.3 Å². The first-order valence-corrected chi connectivity index (χ1v) is 7.10. The van der Waals surface area contributed by atoms with E-state index in [1.807, 2.05) is 0 Å². The molecule has 0 saturated carbocycles. The number of unbranched alkanes of at least 4 members (excludes halogenated alkanes) is 3. The van der Waals surface area contributed by atoms with E-state index in [1.54, 1.807) is 0 Å². The molecule has 1 aliphatic rings. The van der Waals surface area contributed by atoms with Gasteiger partial charge in [-0.2, -0.15) is 5.26 Å². The first kappa shape index (κ1) is 13.9. The Balaban J connectivity index is 1.84. The molecule has 0 aliphatic carbocycles. The summed E-state index contributed by atoms with van der Waals surface area (Å²) in [4.78, 5) is 2.34. The van der Waals surface area contributed by atoms with Crippen molar-refractivity contribution in [2.75, 3.05) is 20.2 Å². The molecule has 1 aromatic rings. The zero-order valence-corrected chi connectivity index (χ0v) is 11.7. The van der Waals surface area contributed by atoms with Crippen LogP contribution in [0.25, 0.3) is 0 Å². The van der Waals surface area contributed by atoms with Crippen LogP contribution in [0.15, 0.2) is 18.2 Å². The van der Waals surface area contributed by atoms with Gasteiger partial charge in [0.15, 0.2) is 0 Å². The number of hydrogen-bond acceptors (Lipinski definition) is 3. The van der Waals surface area contributed by atoms with Gasteiger partial charge in [-0.15, -0.1) is 0 Å². The number of fused-ring (bicyclic) bond motifs is 1. The Hall–Kier alpha value is -1.53. The molecule has 0 atom stereocenters. The van der Waals surface area contributed by atoms with Gasteiger partial charge in [0, 0.05) is 19.5 Å². The number of nitriles is 1. The summed E-state index contributed by atoms with van der Waals surface area (Å²) in [6.07, 6.45) is 4.83. The van der Waals surface area contributed by atoms with Crippen LogP contribution in [0.1, 0.15) is 36.8 Å². The van der Waals surface area contributed by atoms with Crippen molar-refractivity contribution in [2.24, 2.45) is 0 Å². The minimum Gasteiger partial charge on any atom is -0.493 e. The van der Waals surface area contributed by atoms with Crippen molar-refractivity contribution in [1.82, 2.24) is 4.90 Å². The van der Waals surface area contributed by atoms with Gasteiger partial charge < -0.3 is 9.64 Å². The van der Waals surface area contributed by atoms with E-state index in [4.69, 9.17) is 10.00 Å². The third-order valence-electron chi connectivity index (χ3n) is 3.60. The fourth-order valence-corrected chi connectivity index (χ4v) is 2.52. The first-order valence-electron chi connectivity index (χ1n) is 7.10. The molecule has 19 heavy (non-hydrogen) atoms. The summed E-state index contributed by atoms with van der Waals surface area (Å²) in [5.74, 6) is 1.06. The van der Waals surface area contributed by atoms with Crippen LogP contribution < -0.4 is 4.74 Å². The maximum Gasteiger partial charge on any atom is 0.122 e. The lowest BCUT2D eigenvalue weighted by Gasteiger charge is -2.26. The predicted octanol–water partition coefficient (Wildman–Crippen LogP) is 3.14. The fraction of sp³-hybridized carbons (Fsp3) is 0.562. The zero-order valence-electron chi connectivity index (χ0n) is 11.7. The highest BCUT2D eigenvalue weighted by Gasteiger charge is 2.16. The van der Waals surface area contributed by atoms with Crippen LogP contribution in [0, 0.1) is 11.3 Å². The summed E-state index contributed by atoms with van der Waals surface area (Å²) in [7, 11) is 2.16. The Labute approximate surface area is 115 Å². The quantitative estimate of drug-likeness (QED) is 0.735. The van der Waals surface area contributed by atoms with Crippen LogP contribution in [0.5, 0.6) is 5.75 Å². The van der Waals surface area contributed by atoms with Crippen LogP contribution in [0.4, 0.5) is 0 Å². The second-order valence-corrected chi connectivity index (χ2v) is 5.20. The van der Waals surface area contributed by atoms with Crippen LogP contribution in [0.3, 0.4) is 0 Å². The Morgan fingerprint density at radius 1 is 1.32 bits per heavy atom. The molecule has 1 heterocycles. The van der Waals surface area contributed by atoms with Gasteiger partial charge in [-0.1, -0.05) is 12.1 Å². The Bertz CT molecular complexity index is 451. The third kappa shape index (κ3) is 3.97. The highest BCUT2D eigenvalue weighted by molar-refractivity contribution is 5.41. The van der Waals surface area contributed by atoms with E-state index in [-0.39, 0.29) is 0 Å². The summed E-state index contributed by atoms with van der Waals surface area (Å²) in [6.45, 7) is 2.89. The number of likely N-dealkylation sites (N-methyl/N-ethyl adjacent to an activating group) is 1. The second kappa shape index (κ2) is 7.16. The standard InChI is InChI=1S/C16H22N2O/c1-18-11-9-15-14(13-18)7-6-8-16(15)19-12-5-3-2-4-10-17/h6-8H,2-5,9,11-13H2,1H3. The monoisotopic (exact) mass is 258 g/mol. The van der Waals surface area contributed by atoms with Crippen molar-refractivity contribution < 1.29 is 4.74 Å². The summed E-state index contributed by atoms with van der Waals surface area (Å²) < 4.78 is 5.92. The van der Waals surface area contributed by atoms with Gasteiger partial charge in [-0.05, 0) is 49.9 Å². The summed E-state index contributed by atoms with van der Waals surface area (Å²) in [5, 5.41) is 8.47. The average molecular weight is 258 g/mol. The Kier molecular flexibility index (Phi) is 5.23. The van der Waals surface area contributed by atoms with E-state index in [0.29, 0.717) is 6.42 Å². The maximum absolute atomic E-state index is 8.47. The lowest BCUT2D eigenvalue weighted by atomic mass is 9.99. The van der Waals surface area contributed by atoms with Gasteiger partial charge in [0.2, 0.25) is 0 Å². The molecule has 0 aromatic heterocycles. The first-order chi connectivity index (χ1) is 9.31. The van der Waals surface area contributed by atoms with E-state index in [9.17, 15) is 0 Å². The molecule has 0 spiro atoms. The molecule has 0 bridgehead atoms. The van der Waals surface area contributed by atoms with Gasteiger partial charge in [0.25, 0.3) is 0 Å². The molecule has 3 heteroatoms. The minimum atomic E-state index is 0.660. The van der Waals surface area contributed by atoms with Crippen molar-refractivity contribution in [1.29, 1.82) is 5.26 Å². The van der Waals surface area contributed by atoms with Crippen LogP contribution >= 0.6 is 0 Å². The molecule has 0 radical (unpaired) electrons. The van der Waals surface area contributed by atoms with Gasteiger partial charge in [-0.3, -0.25) is 0 Å². The molecule has 1 aliphatic heterocycles. The number of hydrogen-bond donors (Lipinski definition) is 0. The number of benzene rings is 1. The molecule has 0 unspecified atom stereocenters. The van der Waals surface area contributed by atoms with Crippen LogP contribution in [-0.4, -0.2) is 25.1 Å². The summed E-state index contributed by atoms with van der Waals surface area (Å²) in [6, 6.07) is 8.54. The van der Waals surface area contributed by atoms with E-state index < -0.39 is 0 Å². The fourth-order valence-electron chi connectivity index (χ4n) is 2.52. The smallest absolute Gasteiger partial charge is 0.122 e. The molecule has 0 N–H and O–H groups in total. The van der Waals surface area contributed by atoms with Gasteiger partial charge in [0.05, 0.1) is 12.7 Å². The van der Waals surface area contributed by atoms with Crippen molar-refractivity contribution >= 4 is 0 Å². The van der Waals surface area contributed by atoms with Crippen molar-refractivity contribution in [2.45, 2.75) is 38.6 Å². The van der Waals surface area contributed by atoms with Gasteiger partial charge >= 0.3 is 0 Å². The highest BCUT2D eigenvalue weighted by atomic mass is 16.5. The van der Waals surface area contributed by atoms with E-state index >= 15 is 0 Å². The number of nitrogens with zero attached hydrogens (tertiary/aromatic N) is 2. The van der Waals surface area contributed by atoms with Gasteiger partial charge in [0.1, 0.15) is 5.75 Å². The molecule has 1 aromatic carbocycles. The third-order valence-corrected chi connectivity index (χ3v) is 3.60. The minimum absolute atomic E-state index is 0.660. The molecule has 3 nitrogen and oxygen atoms in total. The molecule has 0 fully saturated rings. The molecule has 2 rings (SSSR count). The van der Waals surface area contributed by atoms with Crippen molar-refractivity contribution in [3.8, 4) is 11.8 Å². The van der Waals surface area contributed by atoms with E-state index in [1.165, 1.54) is 11.1 Å². The highest BCUT2D eigenvalue weighted by Crippen LogP contribution is 2.27. The summed E-state index contributed by atoms with van der Waals surface area (Å²) >= 11 is 0. The van der Waals surface area contributed by atoms with Crippen molar-refractivity contribution in [3.05, 3.63) is 29.3 Å². The normalized spacial score (nSPS) is 14.7. The predicted molar refractivity (Wildman–Crippen MR) is 76.1 cm³/mol. The Morgan fingerprint density at radius 3 is 3.05 bits per heavy atom. The lowest BCUT2D eigenvalue weighted by molar-refractivity contribution is 0.284. The SMILES string of the molecule is CN1CCc2c(cccc2OCCCCCC#N)C1. The summed E-state index contributed by atoms with van der Waals surface area (Å²) in [5.41, 5.74) is 2.79. The maximum atomic E-state index is 8.47. The largest absolute Gasteiger partial charge is 0.493 e. The van der Waals surface area contributed by atoms with Gasteiger partial charge in [-0.25, -0.2) is 0 Å². The second-order valence-electron chi connectivity index (χ2n) is 5.20. The average Bonchev–Trinajstić information content (AvgIpc) is 2.42. The van der Waals surface area contributed by atoms with Crippen LogP contribution in [-0.2, 0) is 13.0 Å². The van der Waals surface area contributed by atoms with Crippen LogP contribution in [0.2, 0.25) is 0 Å². The number of rotatable bonds is 6. The zero-order chi connectivity index (χ0) is 13.5. The molecule has 102 valence electrons. The molecule has 0 saturated heterocycles. The molecular formula is C16H22N2O. The van der Waals surface area contributed by atoms with E-state index in [2.05, 4.69) is 36.2 Å². The molecule has 0 amide bonds. The Morgan fingerprint density at radius 2 is 2.21 bits per heavy atom. The lowest BCUT2D eigenvalue weighted by Crippen LogP contribution is -2.26.